The number of aliphatic hydroxyl groups is 1. The number of nitrogens with zero attached hydrogens (tertiary/aromatic N) is 4. The van der Waals surface area contributed by atoms with Crippen LogP contribution in [0, 0.1) is 16.0 Å². The van der Waals surface area contributed by atoms with E-state index >= 15 is 0 Å². The Hall–Kier alpha value is -5.72. The number of piperazine rings is 1. The van der Waals surface area contributed by atoms with E-state index in [1.165, 1.54) is 4.90 Å². The number of hydrogen-bond acceptors (Lipinski definition) is 9. The summed E-state index contributed by atoms with van der Waals surface area (Å²) in [6.07, 6.45) is -1.03. The molecule has 2 fully saturated rings. The molecule has 0 aromatic heterocycles. The van der Waals surface area contributed by atoms with Crippen LogP contribution in [-0.2, 0) is 22.6 Å². The molecular weight excluding hydrogens is 697 g/mol. The molecule has 0 aliphatic carbocycles. The maximum atomic E-state index is 13.2. The van der Waals surface area contributed by atoms with Gasteiger partial charge in [-0.15, -0.1) is 0 Å². The van der Waals surface area contributed by atoms with Gasteiger partial charge in [0.25, 0.3) is 17.5 Å². The molecule has 11 nitrogen and oxygen atoms in total. The maximum absolute atomic E-state index is 13.2. The molecular formula is C44H42N4O7. The van der Waals surface area contributed by atoms with E-state index < -0.39 is 6.29 Å². The summed E-state index contributed by atoms with van der Waals surface area (Å²) in [4.78, 5) is 43.0. The van der Waals surface area contributed by atoms with Gasteiger partial charge in [-0.1, -0.05) is 91.9 Å². The fourth-order valence-corrected chi connectivity index (χ4v) is 7.87. The molecule has 5 aromatic rings. The van der Waals surface area contributed by atoms with Gasteiger partial charge >= 0.3 is 0 Å². The Morgan fingerprint density at radius 1 is 0.727 bits per heavy atom. The molecule has 8 rings (SSSR count). The number of fused-ring (bicyclic) bond motifs is 1. The van der Waals surface area contributed by atoms with Gasteiger partial charge in [-0.3, -0.25) is 29.5 Å². The number of anilines is 1. The summed E-state index contributed by atoms with van der Waals surface area (Å²) in [6.45, 7) is 6.23. The van der Waals surface area contributed by atoms with Crippen molar-refractivity contribution in [1.82, 2.24) is 9.80 Å². The molecule has 0 spiro atoms. The van der Waals surface area contributed by atoms with Gasteiger partial charge in [0.2, 0.25) is 0 Å². The quantitative estimate of drug-likeness (QED) is 0.0903. The van der Waals surface area contributed by atoms with Crippen molar-refractivity contribution in [2.75, 3.05) is 37.6 Å². The molecule has 3 aliphatic rings. The van der Waals surface area contributed by atoms with Crippen LogP contribution >= 0.6 is 0 Å². The van der Waals surface area contributed by atoms with Crippen LogP contribution in [0.2, 0.25) is 0 Å². The average molecular weight is 739 g/mol. The first kappa shape index (κ1) is 36.3. The van der Waals surface area contributed by atoms with Crippen molar-refractivity contribution >= 4 is 23.2 Å². The van der Waals surface area contributed by atoms with Crippen LogP contribution in [0.25, 0.3) is 11.1 Å². The molecule has 0 unspecified atom stereocenters. The zero-order chi connectivity index (χ0) is 38.1. The lowest BCUT2D eigenvalue weighted by Crippen LogP contribution is -2.51. The largest absolute Gasteiger partial charge is 0.392 e. The van der Waals surface area contributed by atoms with Crippen LogP contribution in [0.5, 0.6) is 0 Å². The van der Waals surface area contributed by atoms with Crippen molar-refractivity contribution < 1.29 is 29.1 Å². The second-order valence-electron chi connectivity index (χ2n) is 14.4. The van der Waals surface area contributed by atoms with Crippen molar-refractivity contribution in [3.05, 3.63) is 165 Å². The minimum absolute atomic E-state index is 0.0252. The molecule has 55 heavy (non-hydrogen) atoms. The maximum Gasteiger partial charge on any atom is 0.269 e. The van der Waals surface area contributed by atoms with E-state index in [1.54, 1.807) is 36.4 Å². The standard InChI is InChI=1S/C44H42N4O7/c1-29-40(27-45-22-24-46(25-23-45)35-18-20-36(21-19-35)48(52)53)54-44(55-41(29)32-12-10-30(28-49)11-13-32)33-16-14-31(15-17-33)37-7-3-2-6-34(37)26-47-42(50)38-8-4-5-9-39(38)43(47)51/h2-21,29,40-41,44,49H,22-28H2,1H3/t29-,40+,41+,44+/m0/s1. The number of hydrogen-bond donors (Lipinski definition) is 1. The van der Waals surface area contributed by atoms with Crippen molar-refractivity contribution in [3.8, 4) is 11.1 Å². The number of rotatable bonds is 10. The molecule has 2 saturated heterocycles. The number of nitro groups is 1. The molecule has 0 bridgehead atoms. The fourth-order valence-electron chi connectivity index (χ4n) is 7.87. The number of carbonyl (C=O) groups excluding carboxylic acids is 2. The topological polar surface area (TPSA) is 126 Å². The highest BCUT2D eigenvalue weighted by atomic mass is 16.7. The van der Waals surface area contributed by atoms with E-state index in [9.17, 15) is 24.8 Å². The average Bonchev–Trinajstić information content (AvgIpc) is 3.47. The van der Waals surface area contributed by atoms with E-state index in [-0.39, 0.29) is 53.7 Å². The van der Waals surface area contributed by atoms with Crippen LogP contribution in [0.4, 0.5) is 11.4 Å². The van der Waals surface area contributed by atoms with Crippen molar-refractivity contribution in [3.63, 3.8) is 0 Å². The third-order valence-corrected chi connectivity index (χ3v) is 11.1. The molecule has 3 aliphatic heterocycles. The van der Waals surface area contributed by atoms with Crippen LogP contribution < -0.4 is 4.90 Å². The van der Waals surface area contributed by atoms with Gasteiger partial charge in [0, 0.05) is 62.0 Å². The molecule has 1 N–H and O–H groups in total. The van der Waals surface area contributed by atoms with Crippen LogP contribution in [0.3, 0.4) is 0 Å². The lowest BCUT2D eigenvalue weighted by molar-refractivity contribution is -0.384. The second-order valence-corrected chi connectivity index (χ2v) is 14.4. The minimum Gasteiger partial charge on any atom is -0.392 e. The van der Waals surface area contributed by atoms with Gasteiger partial charge in [-0.25, -0.2) is 0 Å². The predicted molar refractivity (Wildman–Crippen MR) is 207 cm³/mol. The first-order valence-corrected chi connectivity index (χ1v) is 18.6. The highest BCUT2D eigenvalue weighted by molar-refractivity contribution is 6.21. The Morgan fingerprint density at radius 2 is 1.33 bits per heavy atom. The molecule has 4 atom stereocenters. The van der Waals surface area contributed by atoms with Crippen molar-refractivity contribution in [2.24, 2.45) is 5.92 Å². The van der Waals surface area contributed by atoms with E-state index in [0.717, 1.165) is 65.2 Å². The fraction of sp³-hybridized carbons (Fsp3) is 0.273. The lowest BCUT2D eigenvalue weighted by atomic mass is 9.89. The second kappa shape index (κ2) is 15.6. The highest BCUT2D eigenvalue weighted by Gasteiger charge is 2.40. The van der Waals surface area contributed by atoms with E-state index in [1.807, 2.05) is 84.9 Å². The summed E-state index contributed by atoms with van der Waals surface area (Å²) in [7, 11) is 0. The van der Waals surface area contributed by atoms with E-state index in [4.69, 9.17) is 9.47 Å². The van der Waals surface area contributed by atoms with Crippen molar-refractivity contribution in [1.29, 1.82) is 0 Å². The molecule has 280 valence electrons. The Morgan fingerprint density at radius 3 is 1.95 bits per heavy atom. The number of imide groups is 1. The third-order valence-electron chi connectivity index (χ3n) is 11.1. The van der Waals surface area contributed by atoms with Crippen LogP contribution in [0.15, 0.2) is 121 Å². The van der Waals surface area contributed by atoms with Gasteiger partial charge in [-0.2, -0.15) is 0 Å². The molecule has 0 saturated carbocycles. The summed E-state index contributed by atoms with van der Waals surface area (Å²) in [5.74, 6) is -0.543. The number of benzene rings is 5. The molecule has 11 heteroatoms. The summed E-state index contributed by atoms with van der Waals surface area (Å²) < 4.78 is 13.5. The third kappa shape index (κ3) is 7.39. The highest BCUT2D eigenvalue weighted by Crippen LogP contribution is 2.42. The number of nitro benzene ring substituents is 1. The Bertz CT molecular complexity index is 2150. The van der Waals surface area contributed by atoms with Crippen molar-refractivity contribution in [2.45, 2.75) is 38.6 Å². The molecule has 5 aromatic carbocycles. The zero-order valence-electron chi connectivity index (χ0n) is 30.5. The SMILES string of the molecule is C[C@H]1[C@@H](CN2CCN(c3ccc([N+](=O)[O-])cc3)CC2)O[C@@H](c2ccc(-c3ccccc3CN3C(=O)c4ccccc4C3=O)cc2)O[C@H]1c1ccc(CO)cc1. The van der Waals surface area contributed by atoms with Gasteiger partial charge in [0.05, 0.1) is 41.4 Å². The zero-order valence-corrected chi connectivity index (χ0v) is 30.5. The smallest absolute Gasteiger partial charge is 0.269 e. The number of amides is 2. The summed E-state index contributed by atoms with van der Waals surface area (Å²) >= 11 is 0. The van der Waals surface area contributed by atoms with Gasteiger partial charge < -0.3 is 19.5 Å². The number of carbonyl (C=O) groups is 2. The Balaban J connectivity index is 0.995. The van der Waals surface area contributed by atoms with Crippen LogP contribution in [0.1, 0.15) is 62.3 Å². The number of ether oxygens (including phenoxy) is 2. The monoisotopic (exact) mass is 738 g/mol. The van der Waals surface area contributed by atoms with E-state index in [2.05, 4.69) is 16.7 Å². The van der Waals surface area contributed by atoms with Gasteiger partial charge in [-0.05, 0) is 52.1 Å². The number of non-ortho nitro benzene ring substituents is 1. The number of aliphatic hydroxyl groups excluding tert-OH is 1. The summed E-state index contributed by atoms with van der Waals surface area (Å²) in [6, 6.07) is 37.4. The predicted octanol–water partition coefficient (Wildman–Crippen LogP) is 7.16. The lowest BCUT2D eigenvalue weighted by Gasteiger charge is -2.44. The van der Waals surface area contributed by atoms with E-state index in [0.29, 0.717) is 17.7 Å². The first-order chi connectivity index (χ1) is 26.8. The normalized spacial score (nSPS) is 21.5. The summed E-state index contributed by atoms with van der Waals surface area (Å²) in [5, 5.41) is 20.8. The van der Waals surface area contributed by atoms with Crippen LogP contribution in [-0.4, -0.2) is 70.5 Å². The summed E-state index contributed by atoms with van der Waals surface area (Å²) in [5.41, 5.74) is 7.39. The molecule has 3 heterocycles. The molecule has 2 amide bonds. The Kier molecular flexibility index (Phi) is 10.3. The Labute approximate surface area is 319 Å². The minimum atomic E-state index is -0.632. The first-order valence-electron chi connectivity index (χ1n) is 18.6. The van der Waals surface area contributed by atoms with Gasteiger partial charge in [0.1, 0.15) is 0 Å². The molecule has 0 radical (unpaired) electrons. The van der Waals surface area contributed by atoms with Gasteiger partial charge in [0.15, 0.2) is 6.29 Å².